The lowest BCUT2D eigenvalue weighted by molar-refractivity contribution is 0.564. The van der Waals surface area contributed by atoms with Crippen molar-refractivity contribution in [1.29, 1.82) is 0 Å². The maximum Gasteiger partial charge on any atom is 0.0132 e. The predicted octanol–water partition coefficient (Wildman–Crippen LogP) is 2.88. The Hall–Kier alpha value is -0.600. The molecule has 0 aromatic heterocycles. The van der Waals surface area contributed by atoms with E-state index >= 15 is 0 Å². The van der Waals surface area contributed by atoms with Crippen molar-refractivity contribution >= 4 is 0 Å². The Balaban J connectivity index is 2.87. The van der Waals surface area contributed by atoms with Gasteiger partial charge in [0, 0.05) is 13.1 Å². The molecular weight excluding hydrogens is 196 g/mol. The van der Waals surface area contributed by atoms with Crippen LogP contribution in [0.2, 0.25) is 0 Å². The van der Waals surface area contributed by atoms with Gasteiger partial charge in [0.1, 0.15) is 0 Å². The summed E-state index contributed by atoms with van der Waals surface area (Å²) in [6.07, 6.45) is 11.9. The highest BCUT2D eigenvalue weighted by atomic mass is 14.8. The van der Waals surface area contributed by atoms with E-state index in [-0.39, 0.29) is 0 Å². The van der Waals surface area contributed by atoms with Gasteiger partial charge in [-0.05, 0) is 25.9 Å². The Morgan fingerprint density at radius 1 is 0.625 bits per heavy atom. The molecule has 94 valence electrons. The summed E-state index contributed by atoms with van der Waals surface area (Å²) in [5.41, 5.74) is 0. The molecule has 0 radical (unpaired) electrons. The van der Waals surface area contributed by atoms with E-state index in [1.165, 1.54) is 38.5 Å². The van der Waals surface area contributed by atoms with Crippen molar-refractivity contribution in [3.63, 3.8) is 0 Å². The normalized spacial score (nSPS) is 10.2. The largest absolute Gasteiger partial charge is 0.313 e. The summed E-state index contributed by atoms with van der Waals surface area (Å²) in [5, 5.41) is 6.65. The van der Waals surface area contributed by atoms with Crippen LogP contribution in [0.25, 0.3) is 0 Å². The molecule has 0 aliphatic rings. The van der Waals surface area contributed by atoms with Gasteiger partial charge in [-0.1, -0.05) is 37.8 Å². The van der Waals surface area contributed by atoms with Crippen LogP contribution >= 0.6 is 0 Å². The molecule has 0 fully saturated rings. The van der Waals surface area contributed by atoms with E-state index in [0.717, 1.165) is 26.2 Å². The Labute approximate surface area is 101 Å². The Bertz CT molecular complexity index is 137. The van der Waals surface area contributed by atoms with Crippen LogP contribution < -0.4 is 10.6 Å². The number of rotatable bonds is 13. The van der Waals surface area contributed by atoms with Gasteiger partial charge in [0.05, 0.1) is 0 Å². The first-order valence-corrected chi connectivity index (χ1v) is 6.55. The SMILES string of the molecule is C=CCNCCCCCCCCNCC=C. The van der Waals surface area contributed by atoms with E-state index in [2.05, 4.69) is 23.8 Å². The molecule has 0 saturated carbocycles. The van der Waals surface area contributed by atoms with Gasteiger partial charge in [0.15, 0.2) is 0 Å². The van der Waals surface area contributed by atoms with E-state index in [4.69, 9.17) is 0 Å². The average molecular weight is 224 g/mol. The summed E-state index contributed by atoms with van der Waals surface area (Å²) in [4.78, 5) is 0. The quantitative estimate of drug-likeness (QED) is 0.371. The third-order valence-corrected chi connectivity index (χ3v) is 2.53. The Kier molecular flexibility index (Phi) is 13.9. The van der Waals surface area contributed by atoms with Gasteiger partial charge in [0.2, 0.25) is 0 Å². The third kappa shape index (κ3) is 13.4. The van der Waals surface area contributed by atoms with Gasteiger partial charge in [-0.2, -0.15) is 0 Å². The highest BCUT2D eigenvalue weighted by molar-refractivity contribution is 4.69. The second kappa shape index (κ2) is 14.4. The standard InChI is InChI=1S/C14H28N2/c1-3-11-15-13-9-7-5-6-8-10-14-16-12-4-2/h3-4,15-16H,1-2,5-14H2. The van der Waals surface area contributed by atoms with Crippen LogP contribution in [0.5, 0.6) is 0 Å². The lowest BCUT2D eigenvalue weighted by atomic mass is 10.1. The summed E-state index contributed by atoms with van der Waals surface area (Å²) in [6, 6.07) is 0. The van der Waals surface area contributed by atoms with Crippen LogP contribution in [0.1, 0.15) is 38.5 Å². The average Bonchev–Trinajstić information content (AvgIpc) is 2.31. The van der Waals surface area contributed by atoms with E-state index in [1.54, 1.807) is 0 Å². The highest BCUT2D eigenvalue weighted by Crippen LogP contribution is 2.04. The number of hydrogen-bond acceptors (Lipinski definition) is 2. The molecule has 0 rings (SSSR count). The Morgan fingerprint density at radius 3 is 1.38 bits per heavy atom. The maximum atomic E-state index is 3.68. The molecule has 0 unspecified atom stereocenters. The van der Waals surface area contributed by atoms with Crippen molar-refractivity contribution in [2.24, 2.45) is 0 Å². The van der Waals surface area contributed by atoms with Crippen LogP contribution in [0, 0.1) is 0 Å². The first-order valence-electron chi connectivity index (χ1n) is 6.55. The summed E-state index contributed by atoms with van der Waals surface area (Å²) < 4.78 is 0. The third-order valence-electron chi connectivity index (χ3n) is 2.53. The zero-order valence-corrected chi connectivity index (χ0v) is 10.6. The zero-order valence-electron chi connectivity index (χ0n) is 10.6. The highest BCUT2D eigenvalue weighted by Gasteiger charge is 1.91. The lowest BCUT2D eigenvalue weighted by Gasteiger charge is -2.03. The molecule has 0 spiro atoms. The molecule has 0 aromatic rings. The van der Waals surface area contributed by atoms with Gasteiger partial charge in [-0.3, -0.25) is 0 Å². The monoisotopic (exact) mass is 224 g/mol. The molecule has 0 amide bonds. The van der Waals surface area contributed by atoms with Gasteiger partial charge in [0.25, 0.3) is 0 Å². The lowest BCUT2D eigenvalue weighted by Crippen LogP contribution is -2.15. The number of nitrogens with one attached hydrogen (secondary N) is 2. The van der Waals surface area contributed by atoms with Crippen molar-refractivity contribution in [1.82, 2.24) is 10.6 Å². The molecule has 0 bridgehead atoms. The molecule has 0 atom stereocenters. The fraction of sp³-hybridized carbons (Fsp3) is 0.714. The summed E-state index contributed by atoms with van der Waals surface area (Å²) in [5.74, 6) is 0. The fourth-order valence-corrected chi connectivity index (χ4v) is 1.62. The second-order valence-electron chi connectivity index (χ2n) is 4.11. The minimum atomic E-state index is 0.939. The predicted molar refractivity (Wildman–Crippen MR) is 73.8 cm³/mol. The molecular formula is C14H28N2. The van der Waals surface area contributed by atoms with E-state index in [0.29, 0.717) is 0 Å². The molecule has 0 aromatic carbocycles. The van der Waals surface area contributed by atoms with Crippen LogP contribution in [0.15, 0.2) is 25.3 Å². The topological polar surface area (TPSA) is 24.1 Å². The summed E-state index contributed by atoms with van der Waals surface area (Å²) in [7, 11) is 0. The zero-order chi connectivity index (χ0) is 11.9. The van der Waals surface area contributed by atoms with E-state index in [9.17, 15) is 0 Å². The van der Waals surface area contributed by atoms with Crippen molar-refractivity contribution in [2.45, 2.75) is 38.5 Å². The first kappa shape index (κ1) is 15.4. The minimum Gasteiger partial charge on any atom is -0.313 e. The Morgan fingerprint density at radius 2 is 1.00 bits per heavy atom. The smallest absolute Gasteiger partial charge is 0.0132 e. The van der Waals surface area contributed by atoms with Crippen molar-refractivity contribution in [3.05, 3.63) is 25.3 Å². The second-order valence-corrected chi connectivity index (χ2v) is 4.11. The number of hydrogen-bond donors (Lipinski definition) is 2. The van der Waals surface area contributed by atoms with Crippen LogP contribution in [0.3, 0.4) is 0 Å². The van der Waals surface area contributed by atoms with Crippen molar-refractivity contribution in [3.8, 4) is 0 Å². The first-order chi connectivity index (χ1) is 7.91. The van der Waals surface area contributed by atoms with E-state index < -0.39 is 0 Å². The van der Waals surface area contributed by atoms with Crippen molar-refractivity contribution in [2.75, 3.05) is 26.2 Å². The molecule has 16 heavy (non-hydrogen) atoms. The molecule has 2 N–H and O–H groups in total. The number of unbranched alkanes of at least 4 members (excludes halogenated alkanes) is 5. The van der Waals surface area contributed by atoms with E-state index in [1.807, 2.05) is 12.2 Å². The van der Waals surface area contributed by atoms with Gasteiger partial charge >= 0.3 is 0 Å². The molecule has 2 nitrogen and oxygen atoms in total. The fourth-order valence-electron chi connectivity index (χ4n) is 1.62. The summed E-state index contributed by atoms with van der Waals surface area (Å²) >= 11 is 0. The van der Waals surface area contributed by atoms with Gasteiger partial charge in [-0.15, -0.1) is 13.2 Å². The van der Waals surface area contributed by atoms with Crippen LogP contribution in [-0.4, -0.2) is 26.2 Å². The molecule has 2 heteroatoms. The van der Waals surface area contributed by atoms with Crippen molar-refractivity contribution < 1.29 is 0 Å². The molecule has 0 saturated heterocycles. The molecule has 0 aliphatic carbocycles. The summed E-state index contributed by atoms with van der Waals surface area (Å²) in [6.45, 7) is 11.5. The van der Waals surface area contributed by atoms with Crippen LogP contribution in [0.4, 0.5) is 0 Å². The maximum absolute atomic E-state index is 3.68. The molecule has 0 heterocycles. The van der Waals surface area contributed by atoms with Crippen LogP contribution in [-0.2, 0) is 0 Å². The van der Waals surface area contributed by atoms with Gasteiger partial charge < -0.3 is 10.6 Å². The van der Waals surface area contributed by atoms with Gasteiger partial charge in [-0.25, -0.2) is 0 Å². The molecule has 0 aliphatic heterocycles. The minimum absolute atomic E-state index is 0.939.